The van der Waals surface area contributed by atoms with Crippen LogP contribution in [-0.2, 0) is 4.79 Å². The number of rotatable bonds is 4. The summed E-state index contributed by atoms with van der Waals surface area (Å²) in [4.78, 5) is 18.6. The zero-order valence-electron chi connectivity index (χ0n) is 11.6. The zero-order chi connectivity index (χ0) is 13.7. The Morgan fingerprint density at radius 2 is 2.42 bits per heavy atom. The summed E-state index contributed by atoms with van der Waals surface area (Å²) in [5.74, 6) is 0.0854. The van der Waals surface area contributed by atoms with E-state index in [4.69, 9.17) is 0 Å². The Bertz CT molecular complexity index is 413. The molecule has 1 amide bonds. The van der Waals surface area contributed by atoms with Crippen molar-refractivity contribution in [2.75, 3.05) is 32.7 Å². The van der Waals surface area contributed by atoms with Crippen molar-refractivity contribution in [3.05, 3.63) is 16.1 Å². The van der Waals surface area contributed by atoms with Gasteiger partial charge in [-0.15, -0.1) is 11.3 Å². The summed E-state index contributed by atoms with van der Waals surface area (Å²) >= 11 is 1.60. The Morgan fingerprint density at radius 3 is 3.16 bits per heavy atom. The molecule has 0 aromatic carbocycles. The van der Waals surface area contributed by atoms with Crippen LogP contribution in [-0.4, -0.2) is 48.5 Å². The van der Waals surface area contributed by atoms with Gasteiger partial charge in [0, 0.05) is 24.2 Å². The third-order valence-corrected chi connectivity index (χ3v) is 4.33. The fraction of sp³-hybridized carbons (Fsp3) is 0.692. The van der Waals surface area contributed by atoms with Crippen molar-refractivity contribution in [3.8, 4) is 0 Å². The molecule has 1 fully saturated rings. The standard InChI is InChI=1S/C13H22N4OS/c1-10-9-19-13(15-10)11(2)16-12(18)8-17-6-3-4-14-5-7-17/h9,11,14H,3-8H2,1-2H3,(H,16,18). The molecule has 1 aliphatic rings. The van der Waals surface area contributed by atoms with Gasteiger partial charge < -0.3 is 10.6 Å². The van der Waals surface area contributed by atoms with Gasteiger partial charge in [-0.05, 0) is 33.4 Å². The maximum atomic E-state index is 12.0. The molecule has 0 bridgehead atoms. The highest BCUT2D eigenvalue weighted by Gasteiger charge is 2.16. The van der Waals surface area contributed by atoms with E-state index in [1.165, 1.54) is 0 Å². The maximum absolute atomic E-state index is 12.0. The molecule has 0 spiro atoms. The predicted molar refractivity (Wildman–Crippen MR) is 77.3 cm³/mol. The van der Waals surface area contributed by atoms with Crippen molar-refractivity contribution >= 4 is 17.2 Å². The normalized spacial score (nSPS) is 18.8. The number of nitrogens with one attached hydrogen (secondary N) is 2. The maximum Gasteiger partial charge on any atom is 0.234 e. The fourth-order valence-electron chi connectivity index (χ4n) is 2.18. The first-order valence-electron chi connectivity index (χ1n) is 6.79. The first-order valence-corrected chi connectivity index (χ1v) is 7.67. The number of carbonyl (C=O) groups is 1. The van der Waals surface area contributed by atoms with E-state index in [2.05, 4.69) is 20.5 Å². The van der Waals surface area contributed by atoms with Gasteiger partial charge >= 0.3 is 0 Å². The van der Waals surface area contributed by atoms with Crippen molar-refractivity contribution in [3.63, 3.8) is 0 Å². The van der Waals surface area contributed by atoms with Crippen molar-refractivity contribution in [1.29, 1.82) is 0 Å². The van der Waals surface area contributed by atoms with Crippen LogP contribution in [0.1, 0.15) is 30.1 Å². The summed E-state index contributed by atoms with van der Waals surface area (Å²) in [6.45, 7) is 8.39. The smallest absolute Gasteiger partial charge is 0.234 e. The lowest BCUT2D eigenvalue weighted by atomic mass is 10.3. The Morgan fingerprint density at radius 1 is 1.58 bits per heavy atom. The molecule has 1 unspecified atom stereocenters. The van der Waals surface area contributed by atoms with Crippen LogP contribution in [0.3, 0.4) is 0 Å². The van der Waals surface area contributed by atoms with E-state index in [1.54, 1.807) is 11.3 Å². The highest BCUT2D eigenvalue weighted by atomic mass is 32.1. The van der Waals surface area contributed by atoms with Crippen LogP contribution in [0, 0.1) is 6.92 Å². The monoisotopic (exact) mass is 282 g/mol. The minimum Gasteiger partial charge on any atom is -0.346 e. The molecule has 1 aromatic rings. The third kappa shape index (κ3) is 4.56. The molecular weight excluding hydrogens is 260 g/mol. The number of aryl methyl sites for hydroxylation is 1. The van der Waals surface area contributed by atoms with Crippen LogP contribution in [0.2, 0.25) is 0 Å². The van der Waals surface area contributed by atoms with Gasteiger partial charge in [0.25, 0.3) is 0 Å². The molecule has 0 saturated carbocycles. The molecule has 2 N–H and O–H groups in total. The van der Waals surface area contributed by atoms with Crippen LogP contribution in [0.15, 0.2) is 5.38 Å². The summed E-state index contributed by atoms with van der Waals surface area (Å²) in [5, 5.41) is 9.35. The van der Waals surface area contributed by atoms with E-state index in [1.807, 2.05) is 19.2 Å². The Kier molecular flexibility index (Phi) is 5.30. The molecule has 2 rings (SSSR count). The highest BCUT2D eigenvalue weighted by molar-refractivity contribution is 7.09. The molecule has 0 aliphatic carbocycles. The predicted octanol–water partition coefficient (Wildman–Crippen LogP) is 0.924. The second kappa shape index (κ2) is 6.98. The highest BCUT2D eigenvalue weighted by Crippen LogP contribution is 2.17. The molecular formula is C13H22N4OS. The van der Waals surface area contributed by atoms with Crippen LogP contribution >= 0.6 is 11.3 Å². The van der Waals surface area contributed by atoms with Gasteiger partial charge in [0.15, 0.2) is 0 Å². The quantitative estimate of drug-likeness (QED) is 0.862. The van der Waals surface area contributed by atoms with Crippen LogP contribution in [0.5, 0.6) is 0 Å². The van der Waals surface area contributed by atoms with Crippen molar-refractivity contribution in [2.24, 2.45) is 0 Å². The molecule has 1 aliphatic heterocycles. The summed E-state index contributed by atoms with van der Waals surface area (Å²) in [5.41, 5.74) is 1.01. The lowest BCUT2D eigenvalue weighted by Crippen LogP contribution is -2.39. The van der Waals surface area contributed by atoms with Crippen molar-refractivity contribution < 1.29 is 4.79 Å². The number of hydrogen-bond acceptors (Lipinski definition) is 5. The fourth-order valence-corrected chi connectivity index (χ4v) is 2.99. The topological polar surface area (TPSA) is 57.3 Å². The molecule has 6 heteroatoms. The Labute approximate surface area is 118 Å². The van der Waals surface area contributed by atoms with Gasteiger partial charge in [0.1, 0.15) is 5.01 Å². The first kappa shape index (κ1) is 14.4. The van der Waals surface area contributed by atoms with E-state index in [-0.39, 0.29) is 11.9 Å². The summed E-state index contributed by atoms with van der Waals surface area (Å²) in [6.07, 6.45) is 1.11. The molecule has 1 saturated heterocycles. The number of amides is 1. The molecule has 2 heterocycles. The third-order valence-electron chi connectivity index (χ3n) is 3.18. The number of hydrogen-bond donors (Lipinski definition) is 2. The van der Waals surface area contributed by atoms with Gasteiger partial charge in [0.05, 0.1) is 12.6 Å². The molecule has 1 aromatic heterocycles. The van der Waals surface area contributed by atoms with Crippen LogP contribution in [0.25, 0.3) is 0 Å². The first-order chi connectivity index (χ1) is 9.15. The molecule has 19 heavy (non-hydrogen) atoms. The molecule has 0 radical (unpaired) electrons. The van der Waals surface area contributed by atoms with E-state index >= 15 is 0 Å². The lowest BCUT2D eigenvalue weighted by molar-refractivity contribution is -0.122. The van der Waals surface area contributed by atoms with Crippen LogP contribution < -0.4 is 10.6 Å². The van der Waals surface area contributed by atoms with Gasteiger partial charge in [-0.1, -0.05) is 0 Å². The minimum absolute atomic E-state index is 0.00342. The summed E-state index contributed by atoms with van der Waals surface area (Å²) in [7, 11) is 0. The average Bonchev–Trinajstić information content (AvgIpc) is 2.64. The average molecular weight is 282 g/mol. The van der Waals surface area contributed by atoms with E-state index < -0.39 is 0 Å². The molecule has 1 atom stereocenters. The van der Waals surface area contributed by atoms with E-state index in [9.17, 15) is 4.79 Å². The number of carbonyl (C=O) groups excluding carboxylic acids is 1. The number of nitrogens with zero attached hydrogens (tertiary/aromatic N) is 2. The van der Waals surface area contributed by atoms with Gasteiger partial charge in [-0.3, -0.25) is 9.69 Å². The largest absolute Gasteiger partial charge is 0.346 e. The summed E-state index contributed by atoms with van der Waals surface area (Å²) in [6, 6.07) is -0.00342. The SMILES string of the molecule is Cc1csc(C(C)NC(=O)CN2CCCNCC2)n1. The Balaban J connectivity index is 1.80. The zero-order valence-corrected chi connectivity index (χ0v) is 12.4. The molecule has 106 valence electrons. The minimum atomic E-state index is -0.00342. The summed E-state index contributed by atoms with van der Waals surface area (Å²) < 4.78 is 0. The van der Waals surface area contributed by atoms with Crippen molar-refractivity contribution in [2.45, 2.75) is 26.3 Å². The molecule has 5 nitrogen and oxygen atoms in total. The van der Waals surface area contributed by atoms with E-state index in [0.717, 1.165) is 43.3 Å². The van der Waals surface area contributed by atoms with Crippen LogP contribution in [0.4, 0.5) is 0 Å². The lowest BCUT2D eigenvalue weighted by Gasteiger charge is -2.20. The number of aromatic nitrogens is 1. The van der Waals surface area contributed by atoms with Crippen molar-refractivity contribution in [1.82, 2.24) is 20.5 Å². The van der Waals surface area contributed by atoms with E-state index in [0.29, 0.717) is 6.54 Å². The number of thiazole rings is 1. The Hall–Kier alpha value is -0.980. The van der Waals surface area contributed by atoms with Gasteiger partial charge in [-0.2, -0.15) is 0 Å². The van der Waals surface area contributed by atoms with Gasteiger partial charge in [0.2, 0.25) is 5.91 Å². The second-order valence-electron chi connectivity index (χ2n) is 5.00. The second-order valence-corrected chi connectivity index (χ2v) is 5.89. The van der Waals surface area contributed by atoms with Gasteiger partial charge in [-0.25, -0.2) is 4.98 Å².